The Balaban J connectivity index is 1.99. The summed E-state index contributed by atoms with van der Waals surface area (Å²) in [6.07, 6.45) is 0.360. The van der Waals surface area contributed by atoms with E-state index in [1.165, 1.54) is 24.3 Å². The molecule has 1 aromatic carbocycles. The van der Waals surface area contributed by atoms with E-state index in [1.54, 1.807) is 19.1 Å². The van der Waals surface area contributed by atoms with Crippen molar-refractivity contribution in [2.45, 2.75) is 45.0 Å². The molecule has 8 heteroatoms. The summed E-state index contributed by atoms with van der Waals surface area (Å²) >= 11 is 0. The molecule has 0 heterocycles. The zero-order chi connectivity index (χ0) is 19.4. The number of rotatable bonds is 8. The highest BCUT2D eigenvalue weighted by Gasteiger charge is 2.50. The second-order valence-corrected chi connectivity index (χ2v) is 6.32. The molecule has 0 saturated heterocycles. The van der Waals surface area contributed by atoms with E-state index in [1.807, 2.05) is 0 Å². The number of allylic oxidation sites excluding steroid dienone is 1. The van der Waals surface area contributed by atoms with E-state index in [9.17, 15) is 27.9 Å². The third-order valence-electron chi connectivity index (χ3n) is 4.25. The first kappa shape index (κ1) is 19.8. The third kappa shape index (κ3) is 5.50. The maximum Gasteiger partial charge on any atom is 0.573 e. The number of amides is 1. The van der Waals surface area contributed by atoms with Crippen LogP contribution >= 0.6 is 0 Å². The molecule has 2 rings (SSSR count). The fourth-order valence-corrected chi connectivity index (χ4v) is 2.64. The first-order valence-electron chi connectivity index (χ1n) is 8.15. The van der Waals surface area contributed by atoms with E-state index in [2.05, 4.69) is 10.1 Å². The van der Waals surface area contributed by atoms with E-state index >= 15 is 0 Å². The number of ether oxygens (including phenoxy) is 1. The number of hydrogen-bond acceptors (Lipinski definition) is 3. The number of carboxylic acid groups (broad SMARTS) is 1. The van der Waals surface area contributed by atoms with Gasteiger partial charge in [0.25, 0.3) is 0 Å². The fourth-order valence-electron chi connectivity index (χ4n) is 2.64. The van der Waals surface area contributed by atoms with Crippen molar-refractivity contribution in [3.8, 4) is 5.75 Å². The maximum atomic E-state index is 12.5. The van der Waals surface area contributed by atoms with Gasteiger partial charge in [-0.1, -0.05) is 24.3 Å². The van der Waals surface area contributed by atoms with Crippen LogP contribution in [0.4, 0.5) is 13.2 Å². The molecule has 1 saturated carbocycles. The van der Waals surface area contributed by atoms with Crippen molar-refractivity contribution in [2.24, 2.45) is 5.41 Å². The SMILES string of the molecule is C/C=C/CC(NC(=O)C1(Cc2ccc(OC(F)(F)F)cc2)CC1)C(=O)O. The van der Waals surface area contributed by atoms with Crippen LogP contribution in [-0.4, -0.2) is 29.4 Å². The van der Waals surface area contributed by atoms with Gasteiger partial charge in [0.05, 0.1) is 5.41 Å². The lowest BCUT2D eigenvalue weighted by molar-refractivity contribution is -0.274. The van der Waals surface area contributed by atoms with Crippen LogP contribution in [0.3, 0.4) is 0 Å². The number of halogens is 3. The number of alkyl halides is 3. The molecule has 1 aromatic rings. The van der Waals surface area contributed by atoms with Gasteiger partial charge >= 0.3 is 12.3 Å². The van der Waals surface area contributed by atoms with Gasteiger partial charge in [-0.3, -0.25) is 4.79 Å². The molecular formula is C18H20F3NO4. The smallest absolute Gasteiger partial charge is 0.480 e. The summed E-state index contributed by atoms with van der Waals surface area (Å²) < 4.78 is 40.3. The molecule has 1 aliphatic rings. The number of carbonyl (C=O) groups excluding carboxylic acids is 1. The second-order valence-electron chi connectivity index (χ2n) is 6.32. The number of aliphatic carboxylic acids is 1. The van der Waals surface area contributed by atoms with E-state index in [0.29, 0.717) is 24.8 Å². The Labute approximate surface area is 148 Å². The van der Waals surface area contributed by atoms with Gasteiger partial charge < -0.3 is 15.2 Å². The Morgan fingerprint density at radius 3 is 2.38 bits per heavy atom. The molecular weight excluding hydrogens is 351 g/mol. The molecule has 1 fully saturated rings. The predicted molar refractivity (Wildman–Crippen MR) is 87.5 cm³/mol. The van der Waals surface area contributed by atoms with E-state index < -0.39 is 23.8 Å². The molecule has 0 spiro atoms. The van der Waals surface area contributed by atoms with Crippen LogP contribution in [0.15, 0.2) is 36.4 Å². The van der Waals surface area contributed by atoms with Crippen LogP contribution in [0.25, 0.3) is 0 Å². The topological polar surface area (TPSA) is 75.6 Å². The Morgan fingerprint density at radius 1 is 1.31 bits per heavy atom. The van der Waals surface area contributed by atoms with Gasteiger partial charge in [0.2, 0.25) is 5.91 Å². The minimum atomic E-state index is -4.75. The first-order valence-corrected chi connectivity index (χ1v) is 8.15. The van der Waals surface area contributed by atoms with Crippen molar-refractivity contribution in [1.29, 1.82) is 0 Å². The normalized spacial score (nSPS) is 16.9. The summed E-state index contributed by atoms with van der Waals surface area (Å²) in [6.45, 7) is 1.76. The van der Waals surface area contributed by atoms with Gasteiger partial charge in [0, 0.05) is 0 Å². The van der Waals surface area contributed by atoms with Gasteiger partial charge in [-0.05, 0) is 50.3 Å². The molecule has 26 heavy (non-hydrogen) atoms. The summed E-state index contributed by atoms with van der Waals surface area (Å²) in [6, 6.07) is 4.34. The summed E-state index contributed by atoms with van der Waals surface area (Å²) in [5, 5.41) is 11.7. The fraction of sp³-hybridized carbons (Fsp3) is 0.444. The van der Waals surface area contributed by atoms with Crippen LogP contribution in [0, 0.1) is 5.41 Å². The van der Waals surface area contributed by atoms with Gasteiger partial charge in [0.15, 0.2) is 0 Å². The number of carboxylic acids is 1. The quantitative estimate of drug-likeness (QED) is 0.687. The minimum absolute atomic E-state index is 0.192. The Hall–Kier alpha value is -2.51. The lowest BCUT2D eigenvalue weighted by Crippen LogP contribution is -2.44. The maximum absolute atomic E-state index is 12.5. The molecule has 0 aromatic heterocycles. The Morgan fingerprint density at radius 2 is 1.92 bits per heavy atom. The summed E-state index contributed by atoms with van der Waals surface area (Å²) in [4.78, 5) is 23.7. The third-order valence-corrected chi connectivity index (χ3v) is 4.25. The Bertz CT molecular complexity index is 679. The molecule has 2 N–H and O–H groups in total. The highest BCUT2D eigenvalue weighted by atomic mass is 19.4. The van der Waals surface area contributed by atoms with Crippen LogP contribution < -0.4 is 10.1 Å². The molecule has 0 bridgehead atoms. The van der Waals surface area contributed by atoms with Crippen LogP contribution in [0.2, 0.25) is 0 Å². The molecule has 5 nitrogen and oxygen atoms in total. The molecule has 0 radical (unpaired) electrons. The van der Waals surface area contributed by atoms with Crippen molar-refractivity contribution in [2.75, 3.05) is 0 Å². The van der Waals surface area contributed by atoms with Crippen LogP contribution in [0.5, 0.6) is 5.75 Å². The Kier molecular flexibility index (Phi) is 5.94. The van der Waals surface area contributed by atoms with Crippen molar-refractivity contribution in [3.63, 3.8) is 0 Å². The average Bonchev–Trinajstić information content (AvgIpc) is 3.32. The largest absolute Gasteiger partial charge is 0.573 e. The average molecular weight is 371 g/mol. The lowest BCUT2D eigenvalue weighted by Gasteiger charge is -2.19. The van der Waals surface area contributed by atoms with Gasteiger partial charge in [0.1, 0.15) is 11.8 Å². The highest BCUT2D eigenvalue weighted by Crippen LogP contribution is 2.48. The zero-order valence-corrected chi connectivity index (χ0v) is 14.2. The van der Waals surface area contributed by atoms with Crippen LogP contribution in [0.1, 0.15) is 31.7 Å². The molecule has 1 atom stereocenters. The highest BCUT2D eigenvalue weighted by molar-refractivity contribution is 5.89. The number of nitrogens with one attached hydrogen (secondary N) is 1. The second kappa shape index (κ2) is 7.80. The summed E-state index contributed by atoms with van der Waals surface area (Å²) in [5.41, 5.74) is -0.0109. The monoisotopic (exact) mass is 371 g/mol. The number of carbonyl (C=O) groups is 2. The first-order chi connectivity index (χ1) is 12.1. The van der Waals surface area contributed by atoms with Crippen molar-refractivity contribution >= 4 is 11.9 Å². The van der Waals surface area contributed by atoms with Crippen molar-refractivity contribution < 1.29 is 32.6 Å². The zero-order valence-electron chi connectivity index (χ0n) is 14.2. The standard InChI is InChI=1S/C18H20F3NO4/c1-2-3-4-14(15(23)24)22-16(25)17(9-10-17)11-12-5-7-13(8-6-12)26-18(19,20)21/h2-3,5-8,14H,4,9-11H2,1H3,(H,22,25)(H,23,24)/b3-2+. The van der Waals surface area contributed by atoms with E-state index in [-0.39, 0.29) is 18.1 Å². The minimum Gasteiger partial charge on any atom is -0.480 e. The van der Waals surface area contributed by atoms with Crippen molar-refractivity contribution in [1.82, 2.24) is 5.32 Å². The van der Waals surface area contributed by atoms with Gasteiger partial charge in [-0.25, -0.2) is 4.79 Å². The van der Waals surface area contributed by atoms with Crippen molar-refractivity contribution in [3.05, 3.63) is 42.0 Å². The predicted octanol–water partition coefficient (Wildman–Crippen LogP) is 3.44. The molecule has 0 aliphatic heterocycles. The van der Waals surface area contributed by atoms with E-state index in [0.717, 1.165) is 0 Å². The molecule has 1 aliphatic carbocycles. The molecule has 142 valence electrons. The lowest BCUT2D eigenvalue weighted by atomic mass is 9.95. The molecule has 1 unspecified atom stereocenters. The van der Waals surface area contributed by atoms with Crippen LogP contribution in [-0.2, 0) is 16.0 Å². The summed E-state index contributed by atoms with van der Waals surface area (Å²) in [5.74, 6) is -1.78. The van der Waals surface area contributed by atoms with Gasteiger partial charge in [-0.15, -0.1) is 13.2 Å². The van der Waals surface area contributed by atoms with E-state index in [4.69, 9.17) is 0 Å². The number of benzene rings is 1. The molecule has 1 amide bonds. The summed E-state index contributed by atoms with van der Waals surface area (Å²) in [7, 11) is 0. The number of hydrogen-bond donors (Lipinski definition) is 2. The van der Waals surface area contributed by atoms with Gasteiger partial charge in [-0.2, -0.15) is 0 Å².